The van der Waals surface area contributed by atoms with Crippen LogP contribution in [-0.4, -0.2) is 0 Å². The maximum absolute atomic E-state index is 18.5. The van der Waals surface area contributed by atoms with Gasteiger partial charge in [-0.15, -0.1) is 0 Å². The Morgan fingerprint density at radius 2 is 0.298 bits per heavy atom. The highest BCUT2D eigenvalue weighted by atomic mass is 31.2. The molecule has 0 N–H and O–H groups in total. The molecule has 566 valence electrons. The van der Waals surface area contributed by atoms with Crippen molar-refractivity contribution in [2.24, 2.45) is 0 Å². The standard InChI is InChI=1S/C75H45OP.C42H31OP/c76-77(46-37-40-58-55-25-7-16-34-67(55)73(70(58)43-46)61-28-10-1-19-49(61)50-20-2-11-29-62(50)73,47-38-41-59-56-26-8-17-35-68(56)74(71(59)44-47)63-30-12-3-21-51(63)52-22-4-13-31-64(52)74)48-39-42-60-57-27-9-18-36-69(57)75(72(60)45-48)65-32-14-5-23-53(65)54-24-6-15-33-66(54)75;43-44(40-24-8-3-9-25-40,41-26-12-22-38(30-41)36-20-10-18-34(28-36)32-14-4-1-5-15-32)42-27-13-23-39(31-42)37-21-11-19-35(29-37)33-16-6-2-7-17-33/h1-45H;1-31H. The van der Waals surface area contributed by atoms with Crippen LogP contribution in [0.3, 0.4) is 0 Å². The van der Waals surface area contributed by atoms with E-state index in [9.17, 15) is 0 Å². The van der Waals surface area contributed by atoms with Crippen LogP contribution in [0.25, 0.3) is 111 Å². The van der Waals surface area contributed by atoms with Gasteiger partial charge in [-0.05, 0) is 220 Å². The van der Waals surface area contributed by atoms with E-state index in [1.165, 1.54) is 145 Å². The summed E-state index contributed by atoms with van der Waals surface area (Å²) in [4.78, 5) is 0. The molecule has 6 aliphatic rings. The van der Waals surface area contributed by atoms with Crippen molar-refractivity contribution in [2.45, 2.75) is 16.2 Å². The lowest BCUT2D eigenvalue weighted by Crippen LogP contribution is -2.32. The van der Waals surface area contributed by atoms with Gasteiger partial charge in [-0.2, -0.15) is 0 Å². The number of benzene rings is 19. The number of rotatable bonds is 10. The van der Waals surface area contributed by atoms with Crippen molar-refractivity contribution >= 4 is 46.1 Å². The second-order valence-electron chi connectivity index (χ2n) is 32.9. The summed E-state index contributed by atoms with van der Waals surface area (Å²) in [7, 11) is -7.05. The normalized spacial score (nSPS) is 13.9. The van der Waals surface area contributed by atoms with Crippen LogP contribution < -0.4 is 31.8 Å². The number of fused-ring (bicyclic) bond motifs is 30. The van der Waals surface area contributed by atoms with Gasteiger partial charge in [0, 0.05) is 31.8 Å². The second kappa shape index (κ2) is 27.4. The van der Waals surface area contributed by atoms with E-state index in [0.29, 0.717) is 0 Å². The number of hydrogen-bond acceptors (Lipinski definition) is 2. The van der Waals surface area contributed by atoms with E-state index < -0.39 is 30.5 Å². The minimum absolute atomic E-state index is 0.609. The summed E-state index contributed by atoms with van der Waals surface area (Å²) in [6.07, 6.45) is 0. The minimum atomic E-state index is -3.84. The maximum Gasteiger partial charge on any atom is 0.171 e. The quantitative estimate of drug-likeness (QED) is 0.128. The van der Waals surface area contributed by atoms with Crippen LogP contribution in [0.15, 0.2) is 461 Å². The van der Waals surface area contributed by atoms with E-state index in [2.05, 4.69) is 394 Å². The van der Waals surface area contributed by atoms with Crippen molar-refractivity contribution in [3.05, 3.63) is 528 Å². The highest BCUT2D eigenvalue weighted by Crippen LogP contribution is 2.68. The molecule has 4 heteroatoms. The first-order chi connectivity index (χ1) is 59.8. The zero-order valence-electron chi connectivity index (χ0n) is 66.1. The second-order valence-corrected chi connectivity index (χ2v) is 38.4. The molecule has 0 saturated carbocycles. The topological polar surface area (TPSA) is 34.1 Å². The lowest BCUT2D eigenvalue weighted by atomic mass is 9.70. The van der Waals surface area contributed by atoms with E-state index in [-0.39, 0.29) is 0 Å². The van der Waals surface area contributed by atoms with Gasteiger partial charge in [0.15, 0.2) is 14.3 Å². The van der Waals surface area contributed by atoms with Gasteiger partial charge in [-0.3, -0.25) is 0 Å². The average Bonchev–Trinajstić information content (AvgIpc) is 1.50. The van der Waals surface area contributed by atoms with Crippen molar-refractivity contribution in [1.29, 1.82) is 0 Å². The van der Waals surface area contributed by atoms with Crippen LogP contribution in [-0.2, 0) is 25.4 Å². The molecular weight excluding hydrogens is 1500 g/mol. The minimum Gasteiger partial charge on any atom is -0.309 e. The molecule has 25 rings (SSSR count). The van der Waals surface area contributed by atoms with Gasteiger partial charge >= 0.3 is 0 Å². The summed E-state index contributed by atoms with van der Waals surface area (Å²) in [6, 6.07) is 166. The van der Waals surface area contributed by atoms with Gasteiger partial charge in [0.2, 0.25) is 0 Å². The third-order valence-corrected chi connectivity index (χ3v) is 33.2. The molecule has 0 atom stereocenters. The van der Waals surface area contributed by atoms with Crippen LogP contribution in [0, 0.1) is 0 Å². The summed E-state index contributed by atoms with van der Waals surface area (Å²) in [5.74, 6) is 0. The predicted molar refractivity (Wildman–Crippen MR) is 502 cm³/mol. The summed E-state index contributed by atoms with van der Waals surface area (Å²) in [5, 5.41) is 4.96. The summed E-state index contributed by atoms with van der Waals surface area (Å²) in [6.45, 7) is 0. The molecule has 6 aliphatic carbocycles. The summed E-state index contributed by atoms with van der Waals surface area (Å²) in [5.41, 5.74) is 36.8. The molecule has 0 heterocycles. The Kier molecular flexibility index (Phi) is 16.0. The third kappa shape index (κ3) is 10.1. The SMILES string of the molecule is O=P(c1ccc2c(c1)C1(c3ccccc3-c3ccccc31)c1ccccc1-2)(c1ccc2c(c1)C1(c3ccccc3-c3ccccc31)c1ccccc1-2)c1ccc2c(c1)C1(c3ccccc3-c3ccccc31)c1ccccc1-2.O=P(c1ccccc1)(c1cccc(-c2cccc(-c3ccccc3)c2)c1)c1cccc(-c2cccc(-c3ccccc3)c2)c1. The van der Waals surface area contributed by atoms with Gasteiger partial charge in [0.05, 0.1) is 16.2 Å². The molecule has 19 aromatic carbocycles. The molecule has 0 unspecified atom stereocenters. The van der Waals surface area contributed by atoms with Crippen LogP contribution in [0.5, 0.6) is 0 Å². The average molecular weight is 1580 g/mol. The van der Waals surface area contributed by atoms with E-state index in [1.807, 2.05) is 66.7 Å². The van der Waals surface area contributed by atoms with Crippen LogP contribution in [0.1, 0.15) is 66.8 Å². The zero-order chi connectivity index (χ0) is 80.2. The summed E-state index contributed by atoms with van der Waals surface area (Å²) < 4.78 is 34.1. The third-order valence-electron chi connectivity index (χ3n) is 27.2. The van der Waals surface area contributed by atoms with Gasteiger partial charge in [0.1, 0.15) is 0 Å². The Hall–Kier alpha value is -14.4. The Balaban J connectivity index is 0.000000160. The largest absolute Gasteiger partial charge is 0.309 e. The van der Waals surface area contributed by atoms with Crippen molar-refractivity contribution < 1.29 is 9.13 Å². The highest BCUT2D eigenvalue weighted by molar-refractivity contribution is 7.85. The number of hydrogen-bond donors (Lipinski definition) is 0. The molecule has 0 aromatic heterocycles. The molecule has 0 saturated heterocycles. The lowest BCUT2D eigenvalue weighted by Gasteiger charge is -2.33. The Morgan fingerprint density at radius 1 is 0.124 bits per heavy atom. The molecule has 0 aliphatic heterocycles. The fourth-order valence-corrected chi connectivity index (χ4v) is 27.5. The van der Waals surface area contributed by atoms with Crippen LogP contribution in [0.4, 0.5) is 0 Å². The maximum atomic E-state index is 18.5. The zero-order valence-corrected chi connectivity index (χ0v) is 67.9. The predicted octanol–water partition coefficient (Wildman–Crippen LogP) is 26.4. The first kappa shape index (κ1) is 70.8. The molecule has 0 fully saturated rings. The summed E-state index contributed by atoms with van der Waals surface area (Å²) >= 11 is 0. The first-order valence-corrected chi connectivity index (χ1v) is 45.3. The molecular formula is C117H76O2P2. The van der Waals surface area contributed by atoms with Crippen LogP contribution >= 0.6 is 14.3 Å². The van der Waals surface area contributed by atoms with Crippen LogP contribution in [0.2, 0.25) is 0 Å². The van der Waals surface area contributed by atoms with E-state index in [4.69, 9.17) is 0 Å². The van der Waals surface area contributed by atoms with Gasteiger partial charge in [-0.1, -0.05) is 419 Å². The molecule has 0 amide bonds. The monoisotopic (exact) mass is 1570 g/mol. The Bertz CT molecular complexity index is 6830. The van der Waals surface area contributed by atoms with E-state index >= 15 is 9.13 Å². The van der Waals surface area contributed by atoms with Gasteiger partial charge < -0.3 is 9.13 Å². The lowest BCUT2D eigenvalue weighted by molar-refractivity contribution is 0.591. The smallest absolute Gasteiger partial charge is 0.171 e. The van der Waals surface area contributed by atoms with E-state index in [1.54, 1.807) is 0 Å². The van der Waals surface area contributed by atoms with Crippen molar-refractivity contribution in [3.8, 4) is 111 Å². The molecule has 3 spiro atoms. The van der Waals surface area contributed by atoms with Crippen molar-refractivity contribution in [1.82, 2.24) is 0 Å². The van der Waals surface area contributed by atoms with E-state index in [0.717, 1.165) is 65.2 Å². The molecule has 121 heavy (non-hydrogen) atoms. The highest BCUT2D eigenvalue weighted by Gasteiger charge is 2.56. The molecule has 0 radical (unpaired) electrons. The van der Waals surface area contributed by atoms with Crippen molar-refractivity contribution in [3.63, 3.8) is 0 Å². The van der Waals surface area contributed by atoms with Crippen molar-refractivity contribution in [2.75, 3.05) is 0 Å². The molecule has 2 nitrogen and oxygen atoms in total. The molecule has 19 aromatic rings. The Labute approximate surface area is 705 Å². The first-order valence-electron chi connectivity index (χ1n) is 41.9. The molecule has 0 bridgehead atoms. The van der Waals surface area contributed by atoms with Gasteiger partial charge in [-0.25, -0.2) is 0 Å². The Morgan fingerprint density at radius 3 is 0.562 bits per heavy atom. The fourth-order valence-electron chi connectivity index (χ4n) is 22.1. The fraction of sp³-hybridized carbons (Fsp3) is 0.0256. The van der Waals surface area contributed by atoms with Gasteiger partial charge in [0.25, 0.3) is 0 Å².